The quantitative estimate of drug-likeness (QED) is 0.514. The van der Waals surface area contributed by atoms with Crippen LogP contribution >= 0.6 is 0 Å². The van der Waals surface area contributed by atoms with Gasteiger partial charge < -0.3 is 10.5 Å². The van der Waals surface area contributed by atoms with E-state index in [9.17, 15) is 33.4 Å². The highest BCUT2D eigenvalue weighted by molar-refractivity contribution is 5.78. The predicted octanol–water partition coefficient (Wildman–Crippen LogP) is 2.11. The van der Waals surface area contributed by atoms with Gasteiger partial charge >= 0.3 is 11.9 Å². The molecule has 0 fully saturated rings. The molecule has 0 atom stereocenters. The Kier molecular flexibility index (Phi) is 3.49. The summed E-state index contributed by atoms with van der Waals surface area (Å²) in [5.74, 6) is -1.17. The zero-order valence-corrected chi connectivity index (χ0v) is 9.22. The predicted molar refractivity (Wildman–Crippen MR) is 55.7 cm³/mol. The van der Waals surface area contributed by atoms with Crippen molar-refractivity contribution < 1.29 is 27.8 Å². The number of nitrogens with zero attached hydrogens (tertiary/aromatic N) is 2. The number of hydrogen-bond acceptors (Lipinski definition) is 6. The topological polar surface area (TPSA) is 122 Å². The maximum absolute atomic E-state index is 12.7. The SMILES string of the molecule is COc1c(C(F)(F)F)cc([N+](=O)[O-])c(N)c1[N+](=O)[O-]. The van der Waals surface area contributed by atoms with Crippen LogP contribution in [0.2, 0.25) is 0 Å². The van der Waals surface area contributed by atoms with E-state index in [0.717, 1.165) is 7.11 Å². The molecule has 0 heterocycles. The minimum Gasteiger partial charge on any atom is -0.490 e. The fourth-order valence-corrected chi connectivity index (χ4v) is 1.40. The molecule has 0 aliphatic rings. The maximum Gasteiger partial charge on any atom is 0.420 e. The molecule has 1 rings (SSSR count). The van der Waals surface area contributed by atoms with Gasteiger partial charge in [0.1, 0.15) is 5.56 Å². The van der Waals surface area contributed by atoms with Gasteiger partial charge in [-0.2, -0.15) is 13.2 Å². The van der Waals surface area contributed by atoms with E-state index in [0.29, 0.717) is 0 Å². The first-order valence-corrected chi connectivity index (χ1v) is 4.47. The van der Waals surface area contributed by atoms with Crippen LogP contribution in [0.3, 0.4) is 0 Å². The summed E-state index contributed by atoms with van der Waals surface area (Å²) in [4.78, 5) is 18.8. The van der Waals surface area contributed by atoms with E-state index in [4.69, 9.17) is 5.73 Å². The first kappa shape index (κ1) is 14.5. The van der Waals surface area contributed by atoms with Gasteiger partial charge in [0.2, 0.25) is 5.75 Å². The molecule has 1 aromatic carbocycles. The lowest BCUT2D eigenvalue weighted by Crippen LogP contribution is -2.12. The molecule has 0 radical (unpaired) electrons. The molecular weight excluding hydrogens is 275 g/mol. The summed E-state index contributed by atoms with van der Waals surface area (Å²) in [6.07, 6.45) is -5.06. The lowest BCUT2D eigenvalue weighted by molar-refractivity contribution is -0.393. The molecule has 0 bridgehead atoms. The zero-order chi connectivity index (χ0) is 15.0. The summed E-state index contributed by atoms with van der Waals surface area (Å²) in [6, 6.07) is 0.0984. The number of anilines is 1. The average Bonchev–Trinajstić information content (AvgIpc) is 2.25. The van der Waals surface area contributed by atoms with Gasteiger partial charge in [0.15, 0.2) is 5.69 Å². The third-order valence-electron chi connectivity index (χ3n) is 2.16. The second-order valence-electron chi connectivity index (χ2n) is 3.25. The van der Waals surface area contributed by atoms with Crippen LogP contribution in [0.5, 0.6) is 5.75 Å². The standard InChI is InChI=1S/C8H6F3N3O5/c1-19-7-3(8(9,10)11)2-4(13(15)16)5(12)6(7)14(17)18/h2H,12H2,1H3. The van der Waals surface area contributed by atoms with Crippen LogP contribution in [0.25, 0.3) is 0 Å². The highest BCUT2D eigenvalue weighted by atomic mass is 19.4. The van der Waals surface area contributed by atoms with Gasteiger partial charge in [-0.3, -0.25) is 20.2 Å². The Hall–Kier alpha value is -2.59. The molecule has 11 heteroatoms. The van der Waals surface area contributed by atoms with Crippen LogP contribution in [0.15, 0.2) is 6.07 Å². The van der Waals surface area contributed by atoms with Crippen LogP contribution in [-0.4, -0.2) is 17.0 Å². The first-order valence-electron chi connectivity index (χ1n) is 4.47. The highest BCUT2D eigenvalue weighted by Crippen LogP contribution is 2.47. The van der Waals surface area contributed by atoms with Crippen molar-refractivity contribution in [3.8, 4) is 5.75 Å². The number of nitro benzene ring substituents is 2. The molecule has 0 spiro atoms. The summed E-state index contributed by atoms with van der Waals surface area (Å²) < 4.78 is 42.4. The Labute approximate surface area is 102 Å². The molecule has 0 aliphatic carbocycles. The molecule has 19 heavy (non-hydrogen) atoms. The van der Waals surface area contributed by atoms with Crippen LogP contribution in [0, 0.1) is 20.2 Å². The molecular formula is C8H6F3N3O5. The van der Waals surface area contributed by atoms with Gasteiger partial charge in [0, 0.05) is 6.07 Å². The molecule has 0 amide bonds. The van der Waals surface area contributed by atoms with E-state index in [1.54, 1.807) is 0 Å². The van der Waals surface area contributed by atoms with Crippen LogP contribution in [-0.2, 0) is 6.18 Å². The van der Waals surface area contributed by atoms with Crippen LogP contribution < -0.4 is 10.5 Å². The van der Waals surface area contributed by atoms with Gasteiger partial charge in [-0.25, -0.2) is 0 Å². The van der Waals surface area contributed by atoms with Crippen molar-refractivity contribution in [3.63, 3.8) is 0 Å². The molecule has 0 saturated carbocycles. The molecule has 8 nitrogen and oxygen atoms in total. The van der Waals surface area contributed by atoms with Crippen molar-refractivity contribution >= 4 is 17.1 Å². The first-order chi connectivity index (χ1) is 8.61. The Morgan fingerprint density at radius 1 is 1.26 bits per heavy atom. The number of rotatable bonds is 3. The van der Waals surface area contributed by atoms with Gasteiger partial charge in [0.05, 0.1) is 17.0 Å². The van der Waals surface area contributed by atoms with E-state index in [-0.39, 0.29) is 6.07 Å². The second-order valence-corrected chi connectivity index (χ2v) is 3.25. The van der Waals surface area contributed by atoms with E-state index in [1.165, 1.54) is 0 Å². The molecule has 0 aliphatic heterocycles. The van der Waals surface area contributed by atoms with Crippen molar-refractivity contribution in [1.29, 1.82) is 0 Å². The monoisotopic (exact) mass is 281 g/mol. The molecule has 1 aromatic rings. The van der Waals surface area contributed by atoms with Crippen molar-refractivity contribution in [3.05, 3.63) is 31.9 Å². The number of nitrogens with two attached hydrogens (primary N) is 1. The van der Waals surface area contributed by atoms with Gasteiger partial charge in [-0.05, 0) is 0 Å². The smallest absolute Gasteiger partial charge is 0.420 e. The Bertz CT molecular complexity index is 558. The van der Waals surface area contributed by atoms with Gasteiger partial charge in [-0.15, -0.1) is 0 Å². The fraction of sp³-hybridized carbons (Fsp3) is 0.250. The Balaban J connectivity index is 3.84. The minimum absolute atomic E-state index is 0.0984. The normalized spacial score (nSPS) is 11.2. The van der Waals surface area contributed by atoms with Crippen molar-refractivity contribution in [2.45, 2.75) is 6.18 Å². The number of hydrogen-bond donors (Lipinski definition) is 1. The summed E-state index contributed by atoms with van der Waals surface area (Å²) in [5, 5.41) is 21.3. The number of ether oxygens (including phenoxy) is 1. The molecule has 2 N–H and O–H groups in total. The number of nitro groups is 2. The van der Waals surface area contributed by atoms with E-state index in [2.05, 4.69) is 4.74 Å². The summed E-state index contributed by atoms with van der Waals surface area (Å²) >= 11 is 0. The number of benzene rings is 1. The molecule has 0 saturated heterocycles. The lowest BCUT2D eigenvalue weighted by atomic mass is 10.1. The number of methoxy groups -OCH3 is 1. The molecule has 0 aromatic heterocycles. The number of alkyl halides is 3. The van der Waals surface area contributed by atoms with Gasteiger partial charge in [0.25, 0.3) is 5.69 Å². The van der Waals surface area contributed by atoms with E-state index in [1.807, 2.05) is 0 Å². The number of nitrogen functional groups attached to an aromatic ring is 1. The largest absolute Gasteiger partial charge is 0.490 e. The molecule has 104 valence electrons. The van der Waals surface area contributed by atoms with E-state index < -0.39 is 44.4 Å². The van der Waals surface area contributed by atoms with Crippen LogP contribution in [0.4, 0.5) is 30.2 Å². The molecule has 0 unspecified atom stereocenters. The fourth-order valence-electron chi connectivity index (χ4n) is 1.40. The highest BCUT2D eigenvalue weighted by Gasteiger charge is 2.42. The average molecular weight is 281 g/mol. The van der Waals surface area contributed by atoms with E-state index >= 15 is 0 Å². The lowest BCUT2D eigenvalue weighted by Gasteiger charge is -2.13. The third kappa shape index (κ3) is 2.48. The van der Waals surface area contributed by atoms with Crippen molar-refractivity contribution in [2.24, 2.45) is 0 Å². The number of halogens is 3. The Morgan fingerprint density at radius 3 is 2.11 bits per heavy atom. The maximum atomic E-state index is 12.7. The van der Waals surface area contributed by atoms with Crippen LogP contribution in [0.1, 0.15) is 5.56 Å². The third-order valence-corrected chi connectivity index (χ3v) is 2.16. The van der Waals surface area contributed by atoms with Crippen molar-refractivity contribution in [2.75, 3.05) is 12.8 Å². The van der Waals surface area contributed by atoms with Gasteiger partial charge in [-0.1, -0.05) is 0 Å². The summed E-state index contributed by atoms with van der Waals surface area (Å²) in [6.45, 7) is 0. The zero-order valence-electron chi connectivity index (χ0n) is 9.22. The summed E-state index contributed by atoms with van der Waals surface area (Å²) in [5.41, 5.74) is 0.0100. The minimum atomic E-state index is -5.06. The second kappa shape index (κ2) is 4.59. The summed E-state index contributed by atoms with van der Waals surface area (Å²) in [7, 11) is 0.767. The van der Waals surface area contributed by atoms with Crippen molar-refractivity contribution in [1.82, 2.24) is 0 Å². The Morgan fingerprint density at radius 2 is 1.79 bits per heavy atom.